The van der Waals surface area contributed by atoms with Gasteiger partial charge in [-0.2, -0.15) is 0 Å². The van der Waals surface area contributed by atoms with Crippen LogP contribution in [0.5, 0.6) is 0 Å². The van der Waals surface area contributed by atoms with Crippen molar-refractivity contribution in [2.75, 3.05) is 11.4 Å². The van der Waals surface area contributed by atoms with Crippen molar-refractivity contribution < 1.29 is 0 Å². The van der Waals surface area contributed by atoms with Gasteiger partial charge < -0.3 is 4.90 Å². The van der Waals surface area contributed by atoms with Crippen molar-refractivity contribution in [3.8, 4) is 0 Å². The highest BCUT2D eigenvalue weighted by Gasteiger charge is 2.17. The van der Waals surface area contributed by atoms with Crippen LogP contribution < -0.4 is 4.90 Å². The smallest absolute Gasteiger partial charge is 0.0467 e. The lowest BCUT2D eigenvalue weighted by atomic mass is 10.1. The molecule has 1 nitrogen and oxygen atoms in total. The van der Waals surface area contributed by atoms with Gasteiger partial charge in [0.1, 0.15) is 0 Å². The SMILES string of the molecule is CC1CCCCCN1c1ccc(CBr)c(Cl)c1. The van der Waals surface area contributed by atoms with Crippen molar-refractivity contribution in [3.63, 3.8) is 0 Å². The third-order valence-electron chi connectivity index (χ3n) is 3.57. The number of halogens is 2. The van der Waals surface area contributed by atoms with Gasteiger partial charge in [-0.3, -0.25) is 0 Å². The lowest BCUT2D eigenvalue weighted by Crippen LogP contribution is -2.32. The highest BCUT2D eigenvalue weighted by atomic mass is 79.9. The molecular formula is C14H19BrClN. The summed E-state index contributed by atoms with van der Waals surface area (Å²) in [5, 5.41) is 1.69. The molecule has 1 aliphatic rings. The van der Waals surface area contributed by atoms with Crippen LogP contribution in [0.1, 0.15) is 38.2 Å². The molecule has 1 aromatic rings. The van der Waals surface area contributed by atoms with Crippen molar-refractivity contribution in [2.24, 2.45) is 0 Å². The molecule has 2 rings (SSSR count). The second kappa shape index (κ2) is 6.10. The normalized spacial score (nSPS) is 21.4. The van der Waals surface area contributed by atoms with Crippen LogP contribution in [0.2, 0.25) is 5.02 Å². The molecular weight excluding hydrogens is 298 g/mol. The van der Waals surface area contributed by atoms with Crippen LogP contribution in [0.4, 0.5) is 5.69 Å². The predicted octanol–water partition coefficient (Wildman–Crippen LogP) is 5.00. The lowest BCUT2D eigenvalue weighted by molar-refractivity contribution is 0.616. The van der Waals surface area contributed by atoms with E-state index in [1.165, 1.54) is 31.4 Å². The Morgan fingerprint density at radius 3 is 2.88 bits per heavy atom. The second-order valence-corrected chi connectivity index (χ2v) is 5.77. The Bertz CT molecular complexity index is 380. The Labute approximate surface area is 117 Å². The zero-order valence-electron chi connectivity index (χ0n) is 10.3. The zero-order valence-corrected chi connectivity index (χ0v) is 12.6. The molecule has 0 radical (unpaired) electrons. The fraction of sp³-hybridized carbons (Fsp3) is 0.571. The van der Waals surface area contributed by atoms with E-state index in [9.17, 15) is 0 Å². The van der Waals surface area contributed by atoms with Gasteiger partial charge in [0, 0.05) is 28.6 Å². The van der Waals surface area contributed by atoms with Gasteiger partial charge in [-0.1, -0.05) is 46.4 Å². The van der Waals surface area contributed by atoms with Crippen molar-refractivity contribution in [1.82, 2.24) is 0 Å². The summed E-state index contributed by atoms with van der Waals surface area (Å²) in [5.41, 5.74) is 2.44. The Kier molecular flexibility index (Phi) is 4.75. The van der Waals surface area contributed by atoms with Gasteiger partial charge in [0.05, 0.1) is 0 Å². The molecule has 1 saturated heterocycles. The van der Waals surface area contributed by atoms with E-state index in [0.717, 1.165) is 22.5 Å². The van der Waals surface area contributed by atoms with E-state index < -0.39 is 0 Å². The van der Waals surface area contributed by atoms with Crippen molar-refractivity contribution in [1.29, 1.82) is 0 Å². The maximum absolute atomic E-state index is 6.28. The van der Waals surface area contributed by atoms with Crippen LogP contribution in [0.25, 0.3) is 0 Å². The quantitative estimate of drug-likeness (QED) is 0.694. The molecule has 1 heterocycles. The Morgan fingerprint density at radius 2 is 2.18 bits per heavy atom. The minimum absolute atomic E-state index is 0.628. The molecule has 1 aromatic carbocycles. The predicted molar refractivity (Wildman–Crippen MR) is 79.4 cm³/mol. The summed E-state index contributed by atoms with van der Waals surface area (Å²) < 4.78 is 0. The molecule has 3 heteroatoms. The van der Waals surface area contributed by atoms with E-state index in [1.807, 2.05) is 0 Å². The zero-order chi connectivity index (χ0) is 12.3. The average Bonchev–Trinajstić information content (AvgIpc) is 2.54. The summed E-state index contributed by atoms with van der Waals surface area (Å²) in [6, 6.07) is 7.07. The topological polar surface area (TPSA) is 3.24 Å². The first-order chi connectivity index (χ1) is 8.22. The maximum atomic E-state index is 6.28. The molecule has 1 fully saturated rings. The van der Waals surface area contributed by atoms with Crippen LogP contribution in [0.3, 0.4) is 0 Å². The highest BCUT2D eigenvalue weighted by molar-refractivity contribution is 9.08. The molecule has 0 bridgehead atoms. The summed E-state index contributed by atoms with van der Waals surface area (Å²) in [6.07, 6.45) is 5.29. The highest BCUT2D eigenvalue weighted by Crippen LogP contribution is 2.29. The minimum Gasteiger partial charge on any atom is -0.369 e. The molecule has 0 aromatic heterocycles. The summed E-state index contributed by atoms with van der Waals surface area (Å²) in [4.78, 5) is 2.50. The molecule has 1 atom stereocenters. The number of rotatable bonds is 2. The lowest BCUT2D eigenvalue weighted by Gasteiger charge is -2.29. The van der Waals surface area contributed by atoms with Gasteiger partial charge in [-0.25, -0.2) is 0 Å². The van der Waals surface area contributed by atoms with Crippen LogP contribution >= 0.6 is 27.5 Å². The van der Waals surface area contributed by atoms with Gasteiger partial charge in [0.15, 0.2) is 0 Å². The molecule has 0 saturated carbocycles. The number of hydrogen-bond donors (Lipinski definition) is 0. The van der Waals surface area contributed by atoms with Crippen LogP contribution in [0, 0.1) is 0 Å². The van der Waals surface area contributed by atoms with Crippen LogP contribution in [-0.2, 0) is 5.33 Å². The van der Waals surface area contributed by atoms with E-state index in [0.29, 0.717) is 6.04 Å². The van der Waals surface area contributed by atoms with Crippen molar-refractivity contribution >= 4 is 33.2 Å². The minimum atomic E-state index is 0.628. The molecule has 17 heavy (non-hydrogen) atoms. The van der Waals surface area contributed by atoms with E-state index in [-0.39, 0.29) is 0 Å². The molecule has 0 amide bonds. The first kappa shape index (κ1) is 13.2. The number of nitrogens with zero attached hydrogens (tertiary/aromatic N) is 1. The molecule has 0 aliphatic carbocycles. The third kappa shape index (κ3) is 3.17. The average molecular weight is 317 g/mol. The first-order valence-corrected chi connectivity index (χ1v) is 7.83. The van der Waals surface area contributed by atoms with E-state index in [1.54, 1.807) is 0 Å². The van der Waals surface area contributed by atoms with Gasteiger partial charge >= 0.3 is 0 Å². The van der Waals surface area contributed by atoms with Crippen LogP contribution in [-0.4, -0.2) is 12.6 Å². The first-order valence-electron chi connectivity index (χ1n) is 6.33. The fourth-order valence-corrected chi connectivity index (χ4v) is 3.37. The number of alkyl halides is 1. The molecule has 1 unspecified atom stereocenters. The molecule has 1 aliphatic heterocycles. The largest absolute Gasteiger partial charge is 0.369 e. The summed E-state index contributed by atoms with van der Waals surface area (Å²) in [6.45, 7) is 3.47. The van der Waals surface area contributed by atoms with Crippen LogP contribution in [0.15, 0.2) is 18.2 Å². The van der Waals surface area contributed by atoms with E-state index in [2.05, 4.69) is 46.0 Å². The number of benzene rings is 1. The summed E-state index contributed by atoms with van der Waals surface area (Å²) in [5.74, 6) is 0. The summed E-state index contributed by atoms with van der Waals surface area (Å²) in [7, 11) is 0. The maximum Gasteiger partial charge on any atom is 0.0467 e. The fourth-order valence-electron chi connectivity index (χ4n) is 2.48. The Morgan fingerprint density at radius 1 is 1.35 bits per heavy atom. The number of anilines is 1. The molecule has 94 valence electrons. The van der Waals surface area contributed by atoms with E-state index in [4.69, 9.17) is 11.6 Å². The van der Waals surface area contributed by atoms with Gasteiger partial charge in [-0.05, 0) is 37.5 Å². The number of hydrogen-bond acceptors (Lipinski definition) is 1. The second-order valence-electron chi connectivity index (χ2n) is 4.80. The third-order valence-corrected chi connectivity index (χ3v) is 4.52. The molecule has 0 N–H and O–H groups in total. The van der Waals surface area contributed by atoms with Crippen molar-refractivity contribution in [2.45, 2.75) is 44.0 Å². The van der Waals surface area contributed by atoms with Gasteiger partial charge in [0.25, 0.3) is 0 Å². The van der Waals surface area contributed by atoms with E-state index >= 15 is 0 Å². The standard InChI is InChI=1S/C14H19BrClN/c1-11-5-3-2-4-8-17(11)13-7-6-12(10-15)14(16)9-13/h6-7,9,11H,2-5,8,10H2,1H3. The Hall–Kier alpha value is -0.210. The Balaban J connectivity index is 2.22. The molecule has 0 spiro atoms. The summed E-state index contributed by atoms with van der Waals surface area (Å²) >= 11 is 9.74. The van der Waals surface area contributed by atoms with Crippen molar-refractivity contribution in [3.05, 3.63) is 28.8 Å². The van der Waals surface area contributed by atoms with Gasteiger partial charge in [-0.15, -0.1) is 0 Å². The van der Waals surface area contributed by atoms with Gasteiger partial charge in [0.2, 0.25) is 0 Å². The monoisotopic (exact) mass is 315 g/mol.